The van der Waals surface area contributed by atoms with Crippen molar-refractivity contribution >= 4 is 17.0 Å². The van der Waals surface area contributed by atoms with Crippen LogP contribution in [0.2, 0.25) is 0 Å². The topological polar surface area (TPSA) is 148 Å². The van der Waals surface area contributed by atoms with Crippen LogP contribution in [0.5, 0.6) is 0 Å². The second-order valence-corrected chi connectivity index (χ2v) is 7.33. The summed E-state index contributed by atoms with van der Waals surface area (Å²) in [4.78, 5) is 22.9. The van der Waals surface area contributed by atoms with Gasteiger partial charge in [-0.2, -0.15) is 4.98 Å². The molecule has 1 aliphatic carbocycles. The number of nitrogens with one attached hydrogen (secondary N) is 1. The van der Waals surface area contributed by atoms with Crippen molar-refractivity contribution in [2.75, 3.05) is 12.1 Å². The Morgan fingerprint density at radius 2 is 2.03 bits per heavy atom. The molecule has 11 nitrogen and oxygen atoms in total. The van der Waals surface area contributed by atoms with Gasteiger partial charge < -0.3 is 20.1 Å². The van der Waals surface area contributed by atoms with E-state index in [9.17, 15) is 15.3 Å². The molecule has 0 bridgehead atoms. The van der Waals surface area contributed by atoms with Gasteiger partial charge in [-0.3, -0.25) is 9.40 Å². The summed E-state index contributed by atoms with van der Waals surface area (Å²) >= 11 is 0. The lowest BCUT2D eigenvalue weighted by atomic mass is 10.1. The van der Waals surface area contributed by atoms with Gasteiger partial charge in [0.2, 0.25) is 5.82 Å². The lowest BCUT2D eigenvalue weighted by Gasteiger charge is -2.16. The average molecular weight is 424 g/mol. The Balaban J connectivity index is 1.55. The largest absolute Gasteiger partial charge is 0.394 e. The van der Waals surface area contributed by atoms with Crippen LogP contribution in [0.15, 0.2) is 30.7 Å². The third-order valence-electron chi connectivity index (χ3n) is 5.03. The summed E-state index contributed by atoms with van der Waals surface area (Å²) < 4.78 is 7.10. The number of aliphatic hydroxyl groups excluding tert-OH is 3. The first-order chi connectivity index (χ1) is 15.1. The van der Waals surface area contributed by atoms with Gasteiger partial charge in [-0.05, 0) is 36.8 Å². The Hall–Kier alpha value is -3.14. The lowest BCUT2D eigenvalue weighted by Crippen LogP contribution is -2.33. The number of anilines is 1. The number of ether oxygens (including phenoxy) is 1. The quantitative estimate of drug-likeness (QED) is 0.319. The Bertz CT molecular complexity index is 1140. The van der Waals surface area contributed by atoms with Crippen LogP contribution in [0.25, 0.3) is 11.2 Å². The smallest absolute Gasteiger partial charge is 0.209 e. The van der Waals surface area contributed by atoms with Crippen LogP contribution in [0.1, 0.15) is 30.6 Å². The number of pyridine rings is 1. The fourth-order valence-corrected chi connectivity index (χ4v) is 3.22. The van der Waals surface area contributed by atoms with Gasteiger partial charge in [0.25, 0.3) is 0 Å². The van der Waals surface area contributed by atoms with Gasteiger partial charge in [-0.15, -0.1) is 0 Å². The van der Waals surface area contributed by atoms with Crippen LogP contribution in [0.3, 0.4) is 0 Å². The molecule has 0 spiro atoms. The summed E-state index contributed by atoms with van der Waals surface area (Å²) in [5.41, 5.74) is 4.11. The Morgan fingerprint density at radius 1 is 1.16 bits per heavy atom. The number of rotatable bonds is 5. The van der Waals surface area contributed by atoms with E-state index in [2.05, 4.69) is 37.3 Å². The minimum absolute atomic E-state index is 0.121. The monoisotopic (exact) mass is 424 g/mol. The first kappa shape index (κ1) is 19.8. The molecule has 2 aliphatic rings. The predicted molar refractivity (Wildman–Crippen MR) is 106 cm³/mol. The molecule has 31 heavy (non-hydrogen) atoms. The van der Waals surface area contributed by atoms with Gasteiger partial charge in [0.15, 0.2) is 23.2 Å². The van der Waals surface area contributed by atoms with E-state index < -0.39 is 31.1 Å². The Labute approximate surface area is 176 Å². The third kappa shape index (κ3) is 3.95. The van der Waals surface area contributed by atoms with Gasteiger partial charge in [-0.1, -0.05) is 6.07 Å². The minimum atomic E-state index is -1.27. The molecule has 1 aliphatic heterocycles. The molecule has 0 amide bonds. The minimum Gasteiger partial charge on any atom is -0.394 e. The molecule has 3 aromatic rings. The van der Waals surface area contributed by atoms with Crippen molar-refractivity contribution in [2.45, 2.75) is 43.5 Å². The van der Waals surface area contributed by atoms with Gasteiger partial charge in [0.1, 0.15) is 24.0 Å². The Kier molecular flexibility index (Phi) is 5.23. The molecule has 5 rings (SSSR count). The van der Waals surface area contributed by atoms with Gasteiger partial charge >= 0.3 is 0 Å². The van der Waals surface area contributed by atoms with E-state index in [0.717, 1.165) is 12.8 Å². The second kappa shape index (κ2) is 8.18. The fourth-order valence-electron chi connectivity index (χ4n) is 3.22. The van der Waals surface area contributed by atoms with Crippen LogP contribution in [-0.2, 0) is 9.57 Å². The zero-order valence-electron chi connectivity index (χ0n) is 16.3. The number of aromatic nitrogens is 5. The van der Waals surface area contributed by atoms with Crippen LogP contribution >= 0.6 is 0 Å². The third-order valence-corrected chi connectivity index (χ3v) is 5.03. The zero-order valence-corrected chi connectivity index (χ0v) is 16.3. The normalized spacial score (nSPS) is 25.4. The second-order valence-electron chi connectivity index (χ2n) is 7.33. The molecule has 1 saturated carbocycles. The molecule has 0 aromatic carbocycles. The van der Waals surface area contributed by atoms with Crippen LogP contribution in [0.4, 0.5) is 5.82 Å². The van der Waals surface area contributed by atoms with E-state index in [-0.39, 0.29) is 11.9 Å². The molecule has 160 valence electrons. The number of fused-ring (bicyclic) bond motifs is 1. The van der Waals surface area contributed by atoms with Crippen molar-refractivity contribution in [3.05, 3.63) is 42.2 Å². The van der Waals surface area contributed by atoms with Crippen molar-refractivity contribution in [1.82, 2.24) is 24.5 Å². The SMILES string of the molecule is OC[C@H]1O[C@@H](n2cnc3c(NOC4CC4)nc(C#Cc4ccccn4)nc32)[C@H](O)[C@@H]1O. The summed E-state index contributed by atoms with van der Waals surface area (Å²) in [6.07, 6.45) is 0.698. The van der Waals surface area contributed by atoms with Crippen molar-refractivity contribution < 1.29 is 24.9 Å². The molecule has 0 unspecified atom stereocenters. The molecule has 1 saturated heterocycles. The number of hydrogen-bond donors (Lipinski definition) is 4. The van der Waals surface area contributed by atoms with E-state index >= 15 is 0 Å². The first-order valence-electron chi connectivity index (χ1n) is 9.86. The average Bonchev–Trinajstić information content (AvgIpc) is 3.47. The van der Waals surface area contributed by atoms with E-state index in [4.69, 9.17) is 9.57 Å². The highest BCUT2D eigenvalue weighted by molar-refractivity contribution is 5.83. The van der Waals surface area contributed by atoms with Gasteiger partial charge in [-0.25, -0.2) is 20.4 Å². The van der Waals surface area contributed by atoms with E-state index in [1.165, 1.54) is 10.9 Å². The Morgan fingerprint density at radius 3 is 2.74 bits per heavy atom. The highest BCUT2D eigenvalue weighted by Gasteiger charge is 2.44. The molecule has 3 aromatic heterocycles. The number of imidazole rings is 1. The predicted octanol–water partition coefficient (Wildman–Crippen LogP) is -0.262. The maximum absolute atomic E-state index is 10.4. The molecule has 0 radical (unpaired) electrons. The zero-order chi connectivity index (χ0) is 21.4. The molecule has 4 N–H and O–H groups in total. The number of aliphatic hydroxyl groups is 3. The van der Waals surface area contributed by atoms with Crippen molar-refractivity contribution in [3.63, 3.8) is 0 Å². The number of hydrogen-bond acceptors (Lipinski definition) is 10. The van der Waals surface area contributed by atoms with Crippen LogP contribution < -0.4 is 5.48 Å². The van der Waals surface area contributed by atoms with E-state index in [0.29, 0.717) is 22.7 Å². The summed E-state index contributed by atoms with van der Waals surface area (Å²) in [5.74, 6) is 6.30. The molecule has 2 fully saturated rings. The lowest BCUT2D eigenvalue weighted by molar-refractivity contribution is -0.0511. The molecular formula is C20H20N6O5. The summed E-state index contributed by atoms with van der Waals surface area (Å²) in [6, 6.07) is 5.39. The van der Waals surface area contributed by atoms with Crippen LogP contribution in [-0.4, -0.2) is 70.8 Å². The highest BCUT2D eigenvalue weighted by atomic mass is 16.7. The maximum Gasteiger partial charge on any atom is 0.209 e. The maximum atomic E-state index is 10.4. The van der Waals surface area contributed by atoms with Gasteiger partial charge in [0.05, 0.1) is 19.0 Å². The van der Waals surface area contributed by atoms with Crippen molar-refractivity contribution in [1.29, 1.82) is 0 Å². The first-order valence-corrected chi connectivity index (χ1v) is 9.86. The fraction of sp³-hybridized carbons (Fsp3) is 0.400. The summed E-state index contributed by atoms with van der Waals surface area (Å²) in [7, 11) is 0. The van der Waals surface area contributed by atoms with Crippen molar-refractivity contribution in [3.8, 4) is 11.8 Å². The molecule has 11 heteroatoms. The van der Waals surface area contributed by atoms with Crippen molar-refractivity contribution in [2.24, 2.45) is 0 Å². The summed E-state index contributed by atoms with van der Waals surface area (Å²) in [5, 5.41) is 29.9. The molecule has 4 heterocycles. The van der Waals surface area contributed by atoms with Crippen LogP contribution in [0, 0.1) is 11.8 Å². The highest BCUT2D eigenvalue weighted by Crippen LogP contribution is 2.32. The standard InChI is InChI=1S/C20H20N6O5/c27-9-13-16(28)17(29)20(30-13)26-10-22-15-18(25-31-12-5-6-12)23-14(24-19(15)26)7-4-11-3-1-2-8-21-11/h1-3,8,10,12-13,16-17,20,27-29H,5-6,9H2,(H,23,24,25)/t13-,16-,17-,20-/m1/s1. The van der Waals surface area contributed by atoms with E-state index in [1.54, 1.807) is 18.3 Å². The van der Waals surface area contributed by atoms with Gasteiger partial charge in [0, 0.05) is 6.20 Å². The molecular weight excluding hydrogens is 404 g/mol. The summed E-state index contributed by atoms with van der Waals surface area (Å²) in [6.45, 7) is -0.431. The van der Waals surface area contributed by atoms with E-state index in [1.807, 2.05) is 6.07 Å². The number of nitrogens with zero attached hydrogens (tertiary/aromatic N) is 5. The molecule has 4 atom stereocenters.